The van der Waals surface area contributed by atoms with Crippen molar-refractivity contribution in [1.29, 1.82) is 0 Å². The Morgan fingerprint density at radius 2 is 1.86 bits per heavy atom. The van der Waals surface area contributed by atoms with E-state index in [9.17, 15) is 19.1 Å². The van der Waals surface area contributed by atoms with Gasteiger partial charge in [-0.25, -0.2) is 4.39 Å². The van der Waals surface area contributed by atoms with Gasteiger partial charge in [0.25, 0.3) is 5.91 Å². The summed E-state index contributed by atoms with van der Waals surface area (Å²) in [6.45, 7) is 2.94. The summed E-state index contributed by atoms with van der Waals surface area (Å²) in [6, 6.07) is 10.6. The molecular weight excluding hydrogens is 596 g/mol. The van der Waals surface area contributed by atoms with Gasteiger partial charge in [0.05, 0.1) is 35.5 Å². The molecule has 43 heavy (non-hydrogen) atoms. The summed E-state index contributed by atoms with van der Waals surface area (Å²) in [5.74, 6) is -0.440. The van der Waals surface area contributed by atoms with Crippen LogP contribution in [-0.4, -0.2) is 82.7 Å². The molecular formula is C30H34Cl2FN7O3. The second-order valence-corrected chi connectivity index (χ2v) is 11.0. The molecule has 2 aromatic heterocycles. The van der Waals surface area contributed by atoms with E-state index in [-0.39, 0.29) is 23.2 Å². The number of aliphatic hydroxyl groups is 1. The second-order valence-electron chi connectivity index (χ2n) is 10.1. The van der Waals surface area contributed by atoms with E-state index in [0.29, 0.717) is 40.8 Å². The molecule has 0 fully saturated rings. The number of aliphatic hydroxyl groups excluding tert-OH is 1. The monoisotopic (exact) mass is 629 g/mol. The largest absolute Gasteiger partial charge is 0.394 e. The van der Waals surface area contributed by atoms with E-state index < -0.39 is 24.4 Å². The minimum absolute atomic E-state index is 0.0331. The zero-order valence-corrected chi connectivity index (χ0v) is 25.8. The van der Waals surface area contributed by atoms with Gasteiger partial charge in [-0.15, -0.1) is 0 Å². The highest BCUT2D eigenvalue weighted by atomic mass is 35.5. The van der Waals surface area contributed by atoms with Crippen LogP contribution < -0.4 is 10.6 Å². The first-order valence-electron chi connectivity index (χ1n) is 13.6. The first-order valence-corrected chi connectivity index (χ1v) is 14.3. The molecule has 2 heterocycles. The van der Waals surface area contributed by atoms with Crippen LogP contribution in [0, 0.1) is 5.82 Å². The molecule has 0 spiro atoms. The van der Waals surface area contributed by atoms with Gasteiger partial charge in [-0.3, -0.25) is 19.6 Å². The Morgan fingerprint density at radius 1 is 1.09 bits per heavy atom. The summed E-state index contributed by atoms with van der Waals surface area (Å²) < 4.78 is 13.6. The number of aromatic nitrogens is 3. The first-order chi connectivity index (χ1) is 20.6. The van der Waals surface area contributed by atoms with Gasteiger partial charge in [0.2, 0.25) is 5.91 Å². The molecule has 0 saturated heterocycles. The van der Waals surface area contributed by atoms with Gasteiger partial charge in [0.15, 0.2) is 5.82 Å². The lowest BCUT2D eigenvalue weighted by molar-refractivity contribution is -0.130. The highest BCUT2D eigenvalue weighted by Gasteiger charge is 2.22. The van der Waals surface area contributed by atoms with Gasteiger partial charge in [-0.05, 0) is 54.9 Å². The van der Waals surface area contributed by atoms with Crippen molar-refractivity contribution in [1.82, 2.24) is 30.3 Å². The number of aromatic amines is 2. The van der Waals surface area contributed by atoms with Gasteiger partial charge in [-0.2, -0.15) is 5.10 Å². The Hall–Kier alpha value is -3.90. The number of nitrogens with one attached hydrogen (secondary N) is 4. The minimum Gasteiger partial charge on any atom is -0.394 e. The van der Waals surface area contributed by atoms with Crippen LogP contribution >= 0.6 is 23.2 Å². The third-order valence-corrected chi connectivity index (χ3v) is 7.78. The smallest absolute Gasteiger partial charge is 0.268 e. The quantitative estimate of drug-likeness (QED) is 0.151. The number of hydrogen-bond acceptors (Lipinski definition) is 6. The number of carbonyl (C=O) groups is 2. The number of hydrogen-bond donors (Lipinski definition) is 5. The number of rotatable bonds is 12. The number of benzene rings is 2. The summed E-state index contributed by atoms with van der Waals surface area (Å²) >= 11 is 12.6. The van der Waals surface area contributed by atoms with Gasteiger partial charge in [0.1, 0.15) is 11.5 Å². The number of nitrogens with zero attached hydrogens (tertiary/aromatic N) is 3. The molecule has 2 aromatic carbocycles. The number of amides is 2. The lowest BCUT2D eigenvalue weighted by Crippen LogP contribution is -2.36. The molecule has 0 unspecified atom stereocenters. The topological polar surface area (TPSA) is 129 Å². The maximum Gasteiger partial charge on any atom is 0.268 e. The minimum atomic E-state index is -0.790. The molecule has 10 nitrogen and oxygen atoms in total. The van der Waals surface area contributed by atoms with Crippen LogP contribution in [0.25, 0.3) is 22.4 Å². The summed E-state index contributed by atoms with van der Waals surface area (Å²) in [7, 11) is 5.40. The van der Waals surface area contributed by atoms with E-state index in [1.54, 1.807) is 31.3 Å². The highest BCUT2D eigenvalue weighted by molar-refractivity contribution is 6.31. The predicted octanol–water partition coefficient (Wildman–Crippen LogP) is 4.93. The molecule has 0 aliphatic heterocycles. The molecule has 228 valence electrons. The number of anilines is 1. The maximum absolute atomic E-state index is 13.6. The van der Waals surface area contributed by atoms with E-state index in [1.807, 2.05) is 37.1 Å². The van der Waals surface area contributed by atoms with E-state index in [1.165, 1.54) is 18.2 Å². The number of likely N-dealkylation sites (N-methyl/N-ethyl adjacent to an activating group) is 2. The zero-order valence-electron chi connectivity index (χ0n) is 24.3. The first kappa shape index (κ1) is 32.0. The lowest BCUT2D eigenvalue weighted by atomic mass is 10.0. The van der Waals surface area contributed by atoms with Crippen molar-refractivity contribution in [2.24, 2.45) is 0 Å². The van der Waals surface area contributed by atoms with Crippen LogP contribution in [0.4, 0.5) is 10.2 Å². The third-order valence-electron chi connectivity index (χ3n) is 7.14. The molecule has 0 bridgehead atoms. The number of carbonyl (C=O) groups excluding carboxylic acids is 2. The molecule has 2 amide bonds. The van der Waals surface area contributed by atoms with Crippen LogP contribution in [-0.2, 0) is 11.3 Å². The molecule has 13 heteroatoms. The van der Waals surface area contributed by atoms with Crippen molar-refractivity contribution >= 4 is 40.8 Å². The Labute approximate surface area is 259 Å². The highest BCUT2D eigenvalue weighted by Crippen LogP contribution is 2.38. The predicted molar refractivity (Wildman–Crippen MR) is 167 cm³/mol. The Balaban J connectivity index is 1.55. The van der Waals surface area contributed by atoms with Gasteiger partial charge >= 0.3 is 0 Å². The summed E-state index contributed by atoms with van der Waals surface area (Å²) in [4.78, 5) is 31.9. The van der Waals surface area contributed by atoms with Crippen molar-refractivity contribution in [3.8, 4) is 22.4 Å². The fourth-order valence-electron chi connectivity index (χ4n) is 4.59. The fourth-order valence-corrected chi connectivity index (χ4v) is 5.02. The van der Waals surface area contributed by atoms with Crippen LogP contribution in [0.2, 0.25) is 10.0 Å². The number of H-pyrrole nitrogens is 2. The summed E-state index contributed by atoms with van der Waals surface area (Å²) in [6.07, 6.45) is 1.67. The Morgan fingerprint density at radius 3 is 2.51 bits per heavy atom. The second kappa shape index (κ2) is 14.0. The van der Waals surface area contributed by atoms with Crippen molar-refractivity contribution in [2.45, 2.75) is 19.5 Å². The van der Waals surface area contributed by atoms with Crippen molar-refractivity contribution in [3.63, 3.8) is 0 Å². The van der Waals surface area contributed by atoms with Crippen LogP contribution in [0.15, 0.2) is 48.7 Å². The zero-order chi connectivity index (χ0) is 31.3. The van der Waals surface area contributed by atoms with Crippen molar-refractivity contribution in [2.75, 3.05) is 46.2 Å². The normalized spacial score (nSPS) is 11.9. The third kappa shape index (κ3) is 7.37. The average Bonchev–Trinajstić information content (AvgIpc) is 3.65. The average molecular weight is 631 g/mol. The fraction of sp³-hybridized carbons (Fsp3) is 0.300. The molecule has 0 saturated carbocycles. The molecule has 1 atom stereocenters. The Bertz CT molecular complexity index is 1610. The van der Waals surface area contributed by atoms with Crippen LogP contribution in [0.1, 0.15) is 34.6 Å². The van der Waals surface area contributed by atoms with Crippen molar-refractivity contribution < 1.29 is 19.1 Å². The van der Waals surface area contributed by atoms with E-state index in [4.69, 9.17) is 23.2 Å². The van der Waals surface area contributed by atoms with E-state index in [0.717, 1.165) is 16.7 Å². The SMILES string of the molecule is CCN(C)C(=O)CN(C)Cc1ccc(-c2c(NC)n[nH]c2-c2c[nH]c(C(=O)N[C@H](CO)c3ccc(F)c(Cl)c3)c2)cc1Cl. The van der Waals surface area contributed by atoms with Crippen LogP contribution in [0.3, 0.4) is 0 Å². The molecule has 0 aliphatic carbocycles. The van der Waals surface area contributed by atoms with Gasteiger partial charge < -0.3 is 25.6 Å². The Kier molecular flexibility index (Phi) is 10.5. The molecule has 5 N–H and O–H groups in total. The summed E-state index contributed by atoms with van der Waals surface area (Å²) in [5.41, 5.74) is 4.45. The standard InChI is InChI=1S/C30H34Cl2FN7O3/c1-5-40(4)26(42)15-39(3)14-19-7-6-18(11-21(19)31)27-28(37-38-29(27)34-2)20-12-24(35-13-20)30(43)36-25(16-41)17-8-9-23(33)22(32)10-17/h6-13,25,35,41H,5,14-16H2,1-4H3,(H,36,43)(H2,34,37,38)/t25-/m1/s1. The number of halogens is 3. The van der Waals surface area contributed by atoms with Crippen LogP contribution in [0.5, 0.6) is 0 Å². The maximum atomic E-state index is 13.6. The van der Waals surface area contributed by atoms with Crippen molar-refractivity contribution in [3.05, 3.63) is 81.3 Å². The van der Waals surface area contributed by atoms with Gasteiger partial charge in [-0.1, -0.05) is 41.4 Å². The van der Waals surface area contributed by atoms with E-state index >= 15 is 0 Å². The molecule has 4 aromatic rings. The molecule has 0 aliphatic rings. The van der Waals surface area contributed by atoms with Gasteiger partial charge in [0, 0.05) is 44.0 Å². The lowest BCUT2D eigenvalue weighted by Gasteiger charge is -2.21. The van der Waals surface area contributed by atoms with E-state index in [2.05, 4.69) is 25.8 Å². The molecule has 4 rings (SSSR count). The summed E-state index contributed by atoms with van der Waals surface area (Å²) in [5, 5.41) is 23.6. The molecule has 0 radical (unpaired) electrons.